The smallest absolute Gasteiger partial charge is 0.220 e. The summed E-state index contributed by atoms with van der Waals surface area (Å²) in [5, 5.41) is 2.88. The zero-order valence-corrected chi connectivity index (χ0v) is 10.7. The second-order valence-corrected chi connectivity index (χ2v) is 5.35. The molecule has 90 valence electrons. The van der Waals surface area contributed by atoms with Crippen LogP contribution in [-0.2, 0) is 11.2 Å². The van der Waals surface area contributed by atoms with Gasteiger partial charge in [0.1, 0.15) is 0 Å². The summed E-state index contributed by atoms with van der Waals surface area (Å²) in [4.78, 5) is 12.5. The Kier molecular flexibility index (Phi) is 6.45. The van der Waals surface area contributed by atoms with Crippen molar-refractivity contribution in [1.82, 2.24) is 5.32 Å². The predicted octanol–water partition coefficient (Wildman–Crippen LogP) is 2.19. The number of carbonyl (C=O) groups is 1. The highest BCUT2D eigenvalue weighted by molar-refractivity contribution is 7.16. The van der Waals surface area contributed by atoms with Gasteiger partial charge in [-0.15, -0.1) is 11.3 Å². The number of hydrogen-bond donors (Lipinski definition) is 2. The molecule has 0 aromatic carbocycles. The number of thiophene rings is 1. The molecule has 5 heteroatoms. The third-order valence-electron chi connectivity index (χ3n) is 2.18. The molecule has 1 heterocycles. The third kappa shape index (κ3) is 5.49. The fraction of sp³-hybridized carbons (Fsp3) is 0.545. The largest absolute Gasteiger partial charge is 0.356 e. The van der Waals surface area contributed by atoms with E-state index in [0.29, 0.717) is 19.5 Å². The lowest BCUT2D eigenvalue weighted by Crippen LogP contribution is -2.25. The molecular formula is C11H17ClN2OS. The molecule has 16 heavy (non-hydrogen) atoms. The van der Waals surface area contributed by atoms with E-state index in [0.717, 1.165) is 23.6 Å². The summed E-state index contributed by atoms with van der Waals surface area (Å²) in [7, 11) is 0. The Labute approximate surface area is 105 Å². The first kappa shape index (κ1) is 13.5. The summed E-state index contributed by atoms with van der Waals surface area (Å²) in [6.07, 6.45) is 3.20. The quantitative estimate of drug-likeness (QED) is 0.739. The van der Waals surface area contributed by atoms with Crippen LogP contribution in [0.15, 0.2) is 12.1 Å². The highest BCUT2D eigenvalue weighted by Crippen LogP contribution is 2.21. The molecule has 3 N–H and O–H groups in total. The Morgan fingerprint density at radius 3 is 2.88 bits per heavy atom. The van der Waals surface area contributed by atoms with Gasteiger partial charge in [-0.1, -0.05) is 11.6 Å². The molecule has 1 rings (SSSR count). The maximum absolute atomic E-state index is 11.3. The van der Waals surface area contributed by atoms with Gasteiger partial charge in [0.25, 0.3) is 0 Å². The summed E-state index contributed by atoms with van der Waals surface area (Å²) in [5.41, 5.74) is 5.35. The number of rotatable bonds is 7. The van der Waals surface area contributed by atoms with Gasteiger partial charge in [-0.05, 0) is 37.9 Å². The van der Waals surface area contributed by atoms with Gasteiger partial charge in [0.05, 0.1) is 4.34 Å². The van der Waals surface area contributed by atoms with Gasteiger partial charge in [-0.2, -0.15) is 0 Å². The monoisotopic (exact) mass is 260 g/mol. The van der Waals surface area contributed by atoms with E-state index in [1.54, 1.807) is 11.3 Å². The minimum Gasteiger partial charge on any atom is -0.356 e. The van der Waals surface area contributed by atoms with Crippen molar-refractivity contribution in [3.05, 3.63) is 21.3 Å². The van der Waals surface area contributed by atoms with E-state index < -0.39 is 0 Å². The highest BCUT2D eigenvalue weighted by atomic mass is 35.5. The van der Waals surface area contributed by atoms with Crippen LogP contribution in [0.2, 0.25) is 4.34 Å². The Hall–Kier alpha value is -0.580. The summed E-state index contributed by atoms with van der Waals surface area (Å²) >= 11 is 7.36. The van der Waals surface area contributed by atoms with Crippen molar-refractivity contribution in [3.8, 4) is 0 Å². The van der Waals surface area contributed by atoms with Gasteiger partial charge in [0, 0.05) is 17.8 Å². The van der Waals surface area contributed by atoms with Crippen molar-refractivity contribution < 1.29 is 4.79 Å². The molecule has 0 radical (unpaired) electrons. The third-order valence-corrected chi connectivity index (χ3v) is 3.47. The summed E-state index contributed by atoms with van der Waals surface area (Å²) in [6, 6.07) is 3.87. The van der Waals surface area contributed by atoms with Gasteiger partial charge >= 0.3 is 0 Å². The van der Waals surface area contributed by atoms with E-state index in [9.17, 15) is 4.79 Å². The maximum Gasteiger partial charge on any atom is 0.220 e. The number of nitrogens with one attached hydrogen (secondary N) is 1. The van der Waals surface area contributed by atoms with Crippen molar-refractivity contribution in [2.45, 2.75) is 25.7 Å². The minimum atomic E-state index is 0.108. The lowest BCUT2D eigenvalue weighted by Gasteiger charge is -2.03. The Morgan fingerprint density at radius 2 is 2.25 bits per heavy atom. The molecule has 0 aliphatic heterocycles. The summed E-state index contributed by atoms with van der Waals surface area (Å²) in [6.45, 7) is 1.33. The van der Waals surface area contributed by atoms with E-state index in [2.05, 4.69) is 5.32 Å². The van der Waals surface area contributed by atoms with Crippen LogP contribution in [0.4, 0.5) is 0 Å². The van der Waals surface area contributed by atoms with E-state index >= 15 is 0 Å². The Balaban J connectivity index is 2.08. The van der Waals surface area contributed by atoms with Crippen molar-refractivity contribution in [2.75, 3.05) is 13.1 Å². The topological polar surface area (TPSA) is 55.1 Å². The first-order valence-electron chi connectivity index (χ1n) is 5.43. The second kappa shape index (κ2) is 7.65. The number of unbranched alkanes of at least 4 members (excludes halogenated alkanes) is 1. The average Bonchev–Trinajstić information content (AvgIpc) is 2.65. The number of halogens is 1. The average molecular weight is 261 g/mol. The van der Waals surface area contributed by atoms with Crippen LogP contribution in [-0.4, -0.2) is 19.0 Å². The van der Waals surface area contributed by atoms with Gasteiger partial charge < -0.3 is 11.1 Å². The number of nitrogens with two attached hydrogens (primary N) is 1. The van der Waals surface area contributed by atoms with Gasteiger partial charge in [0.15, 0.2) is 0 Å². The highest BCUT2D eigenvalue weighted by Gasteiger charge is 2.01. The molecule has 0 saturated heterocycles. The van der Waals surface area contributed by atoms with Crippen molar-refractivity contribution >= 4 is 28.8 Å². The molecule has 0 spiro atoms. The van der Waals surface area contributed by atoms with Crippen LogP contribution in [0, 0.1) is 0 Å². The van der Waals surface area contributed by atoms with E-state index in [1.807, 2.05) is 12.1 Å². The lowest BCUT2D eigenvalue weighted by atomic mass is 10.2. The molecule has 3 nitrogen and oxygen atoms in total. The molecule has 1 amide bonds. The van der Waals surface area contributed by atoms with Gasteiger partial charge in [-0.25, -0.2) is 0 Å². The minimum absolute atomic E-state index is 0.108. The maximum atomic E-state index is 11.3. The van der Waals surface area contributed by atoms with Crippen molar-refractivity contribution in [3.63, 3.8) is 0 Å². The summed E-state index contributed by atoms with van der Waals surface area (Å²) < 4.78 is 0.796. The second-order valence-electron chi connectivity index (χ2n) is 3.55. The first-order chi connectivity index (χ1) is 7.72. The number of hydrogen-bond acceptors (Lipinski definition) is 3. The van der Waals surface area contributed by atoms with E-state index in [4.69, 9.17) is 17.3 Å². The van der Waals surface area contributed by atoms with Crippen LogP contribution in [0.3, 0.4) is 0 Å². The normalized spacial score (nSPS) is 10.4. The fourth-order valence-corrected chi connectivity index (χ4v) is 2.42. The van der Waals surface area contributed by atoms with Gasteiger partial charge in [-0.3, -0.25) is 4.79 Å². The number of amides is 1. The first-order valence-corrected chi connectivity index (χ1v) is 6.63. The predicted molar refractivity (Wildman–Crippen MR) is 68.9 cm³/mol. The zero-order valence-electron chi connectivity index (χ0n) is 9.17. The molecule has 0 unspecified atom stereocenters. The van der Waals surface area contributed by atoms with Crippen LogP contribution >= 0.6 is 22.9 Å². The molecule has 0 fully saturated rings. The molecule has 0 saturated carbocycles. The fourth-order valence-electron chi connectivity index (χ4n) is 1.33. The van der Waals surface area contributed by atoms with E-state index in [1.165, 1.54) is 4.88 Å². The molecule has 1 aromatic heterocycles. The van der Waals surface area contributed by atoms with Gasteiger partial charge in [0.2, 0.25) is 5.91 Å². The molecule has 1 aromatic rings. The van der Waals surface area contributed by atoms with E-state index in [-0.39, 0.29) is 5.91 Å². The molecule has 0 aliphatic rings. The molecule has 0 bridgehead atoms. The molecular weight excluding hydrogens is 244 g/mol. The number of carbonyl (C=O) groups excluding carboxylic acids is 1. The van der Waals surface area contributed by atoms with Crippen molar-refractivity contribution in [2.24, 2.45) is 5.73 Å². The Bertz CT molecular complexity index is 328. The zero-order chi connectivity index (χ0) is 11.8. The SMILES string of the molecule is NCCCCC(=O)NCCc1ccc(Cl)s1. The lowest BCUT2D eigenvalue weighted by molar-refractivity contribution is -0.121. The van der Waals surface area contributed by atoms with Crippen LogP contribution < -0.4 is 11.1 Å². The van der Waals surface area contributed by atoms with Crippen molar-refractivity contribution in [1.29, 1.82) is 0 Å². The molecule has 0 aliphatic carbocycles. The summed E-state index contributed by atoms with van der Waals surface area (Å²) in [5.74, 6) is 0.108. The standard InChI is InChI=1S/C11H17ClN2OS/c12-10-5-4-9(16-10)6-8-14-11(15)3-1-2-7-13/h4-5H,1-3,6-8,13H2,(H,14,15). The molecule has 0 atom stereocenters. The van der Waals surface area contributed by atoms with Crippen LogP contribution in [0.5, 0.6) is 0 Å². The Morgan fingerprint density at radius 1 is 1.44 bits per heavy atom. The van der Waals surface area contributed by atoms with Crippen LogP contribution in [0.25, 0.3) is 0 Å². The van der Waals surface area contributed by atoms with Crippen LogP contribution in [0.1, 0.15) is 24.1 Å².